The van der Waals surface area contributed by atoms with Gasteiger partial charge in [0.05, 0.1) is 11.8 Å². The quantitative estimate of drug-likeness (QED) is 0.595. The number of nitrogens with zero attached hydrogens (tertiary/aromatic N) is 1. The zero-order valence-corrected chi connectivity index (χ0v) is 18.6. The molecule has 0 aliphatic carbocycles. The Morgan fingerprint density at radius 1 is 1.09 bits per heavy atom. The number of rotatable bonds is 5. The Labute approximate surface area is 191 Å². The van der Waals surface area contributed by atoms with Crippen molar-refractivity contribution >= 4 is 29.3 Å². The van der Waals surface area contributed by atoms with E-state index >= 15 is 0 Å². The molecule has 4 unspecified atom stereocenters. The molecule has 5 rings (SSSR count). The van der Waals surface area contributed by atoms with Crippen LogP contribution in [0.4, 0.5) is 5.69 Å². The van der Waals surface area contributed by atoms with Crippen LogP contribution in [-0.2, 0) is 31.1 Å². The second-order valence-electron chi connectivity index (χ2n) is 9.25. The first-order valence-electron chi connectivity index (χ1n) is 11.1. The Balaban J connectivity index is 1.57. The normalized spacial score (nSPS) is 27.8. The summed E-state index contributed by atoms with van der Waals surface area (Å²) >= 11 is 0. The number of amides is 4. The van der Waals surface area contributed by atoms with Crippen LogP contribution >= 0.6 is 0 Å². The minimum absolute atomic E-state index is 0.137. The minimum atomic E-state index is -1.41. The zero-order valence-electron chi connectivity index (χ0n) is 18.6. The van der Waals surface area contributed by atoms with Gasteiger partial charge in [-0.25, -0.2) is 0 Å². The van der Waals surface area contributed by atoms with E-state index in [0.717, 1.165) is 16.7 Å². The number of nitrogens with one attached hydrogen (secondary N) is 2. The Morgan fingerprint density at radius 2 is 1.82 bits per heavy atom. The number of likely N-dealkylation sites (tertiary alicyclic amines) is 1. The molecule has 2 saturated heterocycles. The molecule has 1 spiro atoms. The molecule has 0 aromatic heterocycles. The highest BCUT2D eigenvalue weighted by Gasteiger charge is 2.70. The van der Waals surface area contributed by atoms with E-state index in [1.54, 1.807) is 0 Å². The molecule has 8 heteroatoms. The summed E-state index contributed by atoms with van der Waals surface area (Å²) in [5, 5.41) is 6.15. The second-order valence-corrected chi connectivity index (χ2v) is 9.25. The Hall–Kier alpha value is -3.52. The molecule has 4 atom stereocenters. The molecule has 3 aliphatic heterocycles. The average Bonchev–Trinajstić information content (AvgIpc) is 3.33. The Kier molecular flexibility index (Phi) is 4.86. The monoisotopic (exact) mass is 446 g/mol. The van der Waals surface area contributed by atoms with Crippen LogP contribution in [-0.4, -0.2) is 41.1 Å². The van der Waals surface area contributed by atoms with Crippen LogP contribution in [0.1, 0.15) is 28.7 Å². The van der Waals surface area contributed by atoms with Crippen LogP contribution in [0.15, 0.2) is 42.5 Å². The highest BCUT2D eigenvalue weighted by atomic mass is 16.2. The standard InChI is InChI=1S/C25H26N4O4/c1-13-10-14(2)21-16(11-13)25(24(33)27-21)20-19(17(28-25)12-18(26)30)22(31)29(23(20)32)9-8-15-6-4-3-5-7-15/h3-7,10-11,17,19-20,28H,8-9,12H2,1-2H3,(H2,26,30)(H,27,33). The molecular weight excluding hydrogens is 420 g/mol. The fraction of sp³-hybridized carbons (Fsp3) is 0.360. The van der Waals surface area contributed by atoms with Gasteiger partial charge in [-0.3, -0.25) is 29.4 Å². The molecule has 4 amide bonds. The van der Waals surface area contributed by atoms with E-state index in [1.165, 1.54) is 4.90 Å². The van der Waals surface area contributed by atoms with Crippen molar-refractivity contribution in [3.8, 4) is 0 Å². The molecule has 3 aliphatic rings. The average molecular weight is 447 g/mol. The number of carbonyl (C=O) groups excluding carboxylic acids is 4. The molecule has 170 valence electrons. The first-order chi connectivity index (χ1) is 15.7. The molecular formula is C25H26N4O4. The first-order valence-corrected chi connectivity index (χ1v) is 11.1. The van der Waals surface area contributed by atoms with Crippen molar-refractivity contribution < 1.29 is 19.2 Å². The molecule has 8 nitrogen and oxygen atoms in total. The summed E-state index contributed by atoms with van der Waals surface area (Å²) in [5.74, 6) is -3.49. The molecule has 2 aromatic carbocycles. The van der Waals surface area contributed by atoms with Crippen molar-refractivity contribution in [3.63, 3.8) is 0 Å². The lowest BCUT2D eigenvalue weighted by Crippen LogP contribution is -2.53. The van der Waals surface area contributed by atoms with Gasteiger partial charge in [-0.1, -0.05) is 48.0 Å². The summed E-state index contributed by atoms with van der Waals surface area (Å²) in [4.78, 5) is 53.7. The third kappa shape index (κ3) is 3.08. The molecule has 0 saturated carbocycles. The van der Waals surface area contributed by atoms with Gasteiger partial charge < -0.3 is 11.1 Å². The SMILES string of the molecule is Cc1cc(C)c2c(c1)C1(NC(CC(N)=O)C3C(=O)N(CCc4ccccc4)C(=O)C31)C(=O)N2. The molecule has 2 aromatic rings. The maximum Gasteiger partial charge on any atom is 0.250 e. The van der Waals surface area contributed by atoms with Crippen molar-refractivity contribution in [2.24, 2.45) is 17.6 Å². The Bertz CT molecular complexity index is 1190. The second kappa shape index (κ2) is 7.52. The third-order valence-electron chi connectivity index (χ3n) is 7.14. The summed E-state index contributed by atoms with van der Waals surface area (Å²) in [6.07, 6.45) is 0.377. The zero-order chi connectivity index (χ0) is 23.5. The number of nitrogens with two attached hydrogens (primary N) is 1. The summed E-state index contributed by atoms with van der Waals surface area (Å²) < 4.78 is 0. The van der Waals surface area contributed by atoms with Gasteiger partial charge in [0.2, 0.25) is 23.6 Å². The van der Waals surface area contributed by atoms with Crippen molar-refractivity contribution in [1.29, 1.82) is 0 Å². The van der Waals surface area contributed by atoms with Gasteiger partial charge in [-0.2, -0.15) is 0 Å². The van der Waals surface area contributed by atoms with Crippen molar-refractivity contribution in [2.45, 2.75) is 38.3 Å². The highest BCUT2D eigenvalue weighted by Crippen LogP contribution is 2.54. The van der Waals surface area contributed by atoms with E-state index in [9.17, 15) is 19.2 Å². The highest BCUT2D eigenvalue weighted by molar-refractivity contribution is 6.15. The fourth-order valence-corrected chi connectivity index (χ4v) is 5.82. The number of anilines is 1. The molecule has 0 radical (unpaired) electrons. The van der Waals surface area contributed by atoms with Gasteiger partial charge in [0.25, 0.3) is 0 Å². The van der Waals surface area contributed by atoms with E-state index in [1.807, 2.05) is 56.3 Å². The maximum absolute atomic E-state index is 13.7. The number of imide groups is 1. The number of benzene rings is 2. The topological polar surface area (TPSA) is 122 Å². The maximum atomic E-state index is 13.7. The number of fused-ring (bicyclic) bond motifs is 4. The summed E-state index contributed by atoms with van der Waals surface area (Å²) in [7, 11) is 0. The van der Waals surface area contributed by atoms with Gasteiger partial charge in [0.15, 0.2) is 0 Å². The molecule has 33 heavy (non-hydrogen) atoms. The van der Waals surface area contributed by atoms with Crippen molar-refractivity contribution in [1.82, 2.24) is 10.2 Å². The predicted molar refractivity (Wildman–Crippen MR) is 121 cm³/mol. The first kappa shape index (κ1) is 21.3. The molecule has 3 heterocycles. The van der Waals surface area contributed by atoms with Crippen LogP contribution in [0.2, 0.25) is 0 Å². The lowest BCUT2D eigenvalue weighted by atomic mass is 9.76. The molecule has 2 fully saturated rings. The van der Waals surface area contributed by atoms with E-state index < -0.39 is 29.3 Å². The van der Waals surface area contributed by atoms with Crippen LogP contribution in [0.3, 0.4) is 0 Å². The third-order valence-corrected chi connectivity index (χ3v) is 7.14. The van der Waals surface area contributed by atoms with Gasteiger partial charge in [-0.05, 0) is 31.4 Å². The lowest BCUT2D eigenvalue weighted by Gasteiger charge is -2.29. The number of hydrogen-bond acceptors (Lipinski definition) is 5. The predicted octanol–water partition coefficient (Wildman–Crippen LogP) is 1.14. The van der Waals surface area contributed by atoms with Crippen LogP contribution in [0.5, 0.6) is 0 Å². The van der Waals surface area contributed by atoms with E-state index in [2.05, 4.69) is 10.6 Å². The van der Waals surface area contributed by atoms with Gasteiger partial charge in [0, 0.05) is 30.3 Å². The number of carbonyl (C=O) groups is 4. The number of aryl methyl sites for hydroxylation is 2. The smallest absolute Gasteiger partial charge is 0.250 e. The summed E-state index contributed by atoms with van der Waals surface area (Å²) in [5.41, 5.74) is 8.20. The largest absolute Gasteiger partial charge is 0.370 e. The number of hydrogen-bond donors (Lipinski definition) is 3. The molecule has 0 bridgehead atoms. The van der Waals surface area contributed by atoms with Crippen molar-refractivity contribution in [2.75, 3.05) is 11.9 Å². The van der Waals surface area contributed by atoms with Gasteiger partial charge in [0.1, 0.15) is 5.54 Å². The Morgan fingerprint density at radius 3 is 2.52 bits per heavy atom. The summed E-state index contributed by atoms with van der Waals surface area (Å²) in [6, 6.07) is 12.7. The molecule has 4 N–H and O–H groups in total. The number of primary amides is 1. The lowest BCUT2D eigenvalue weighted by molar-refractivity contribution is -0.142. The van der Waals surface area contributed by atoms with Crippen molar-refractivity contribution in [3.05, 3.63) is 64.7 Å². The van der Waals surface area contributed by atoms with Gasteiger partial charge >= 0.3 is 0 Å². The van der Waals surface area contributed by atoms with Crippen LogP contribution in [0.25, 0.3) is 0 Å². The van der Waals surface area contributed by atoms with E-state index in [4.69, 9.17) is 5.73 Å². The van der Waals surface area contributed by atoms with E-state index in [0.29, 0.717) is 17.7 Å². The fourth-order valence-electron chi connectivity index (χ4n) is 5.82. The minimum Gasteiger partial charge on any atom is -0.370 e. The van der Waals surface area contributed by atoms with Crippen LogP contribution < -0.4 is 16.4 Å². The van der Waals surface area contributed by atoms with Gasteiger partial charge in [-0.15, -0.1) is 0 Å². The van der Waals surface area contributed by atoms with Crippen LogP contribution in [0, 0.1) is 25.7 Å². The van der Waals surface area contributed by atoms with E-state index in [-0.39, 0.29) is 30.7 Å². The summed E-state index contributed by atoms with van der Waals surface area (Å²) in [6.45, 7) is 4.03.